The Bertz CT molecular complexity index is 349. The summed E-state index contributed by atoms with van der Waals surface area (Å²) in [6.45, 7) is 1.95. The summed E-state index contributed by atoms with van der Waals surface area (Å²) in [6.07, 6.45) is 0.542. The summed E-state index contributed by atoms with van der Waals surface area (Å²) in [5, 5.41) is 0. The van der Waals surface area contributed by atoms with Gasteiger partial charge in [-0.2, -0.15) is 0 Å². The molecule has 3 heteroatoms. The van der Waals surface area contributed by atoms with Gasteiger partial charge in [-0.25, -0.2) is 8.78 Å². The highest BCUT2D eigenvalue weighted by Gasteiger charge is 2.29. The summed E-state index contributed by atoms with van der Waals surface area (Å²) in [7, 11) is 0. The third-order valence-electron chi connectivity index (χ3n) is 2.73. The van der Waals surface area contributed by atoms with Crippen LogP contribution in [0.5, 0.6) is 0 Å². The van der Waals surface area contributed by atoms with Crippen LogP contribution in [0, 0.1) is 17.6 Å². The van der Waals surface area contributed by atoms with Gasteiger partial charge in [-0.1, -0.05) is 13.0 Å². The van der Waals surface area contributed by atoms with Crippen molar-refractivity contribution in [1.29, 1.82) is 0 Å². The van der Waals surface area contributed by atoms with E-state index >= 15 is 0 Å². The SMILES string of the molecule is CC1Cc2c(ccc(F)c2F)C1N. The molecule has 0 aliphatic heterocycles. The minimum absolute atomic E-state index is 0.148. The van der Waals surface area contributed by atoms with Crippen molar-refractivity contribution in [2.75, 3.05) is 0 Å². The lowest BCUT2D eigenvalue weighted by atomic mass is 10.0. The van der Waals surface area contributed by atoms with E-state index in [0.717, 1.165) is 11.6 Å². The van der Waals surface area contributed by atoms with Crippen LogP contribution < -0.4 is 5.73 Å². The van der Waals surface area contributed by atoms with Crippen molar-refractivity contribution >= 4 is 0 Å². The quantitative estimate of drug-likeness (QED) is 0.655. The molecule has 0 spiro atoms. The van der Waals surface area contributed by atoms with Gasteiger partial charge in [0.05, 0.1) is 0 Å². The largest absolute Gasteiger partial charge is 0.324 e. The maximum absolute atomic E-state index is 13.2. The van der Waals surface area contributed by atoms with E-state index in [9.17, 15) is 8.78 Å². The molecule has 0 fully saturated rings. The van der Waals surface area contributed by atoms with Gasteiger partial charge < -0.3 is 5.73 Å². The smallest absolute Gasteiger partial charge is 0.162 e. The second-order valence-electron chi connectivity index (χ2n) is 3.64. The van der Waals surface area contributed by atoms with E-state index in [4.69, 9.17) is 5.73 Å². The zero-order valence-electron chi connectivity index (χ0n) is 7.35. The second kappa shape index (κ2) is 2.77. The van der Waals surface area contributed by atoms with Crippen molar-refractivity contribution in [1.82, 2.24) is 0 Å². The Morgan fingerprint density at radius 1 is 1.38 bits per heavy atom. The van der Waals surface area contributed by atoms with Gasteiger partial charge in [0.15, 0.2) is 11.6 Å². The molecule has 0 bridgehead atoms. The Kier molecular flexibility index (Phi) is 1.84. The third kappa shape index (κ3) is 1.15. The molecule has 1 aliphatic carbocycles. The van der Waals surface area contributed by atoms with E-state index in [0.29, 0.717) is 12.0 Å². The zero-order valence-corrected chi connectivity index (χ0v) is 7.35. The fourth-order valence-electron chi connectivity index (χ4n) is 1.88. The van der Waals surface area contributed by atoms with Gasteiger partial charge in [-0.05, 0) is 29.5 Å². The molecular formula is C10H11F2N. The van der Waals surface area contributed by atoms with Crippen molar-refractivity contribution in [3.8, 4) is 0 Å². The number of hydrogen-bond acceptors (Lipinski definition) is 1. The van der Waals surface area contributed by atoms with Gasteiger partial charge in [0, 0.05) is 6.04 Å². The average molecular weight is 183 g/mol. The Morgan fingerprint density at radius 2 is 2.08 bits per heavy atom. The number of fused-ring (bicyclic) bond motifs is 1. The lowest BCUT2D eigenvalue weighted by Gasteiger charge is -2.08. The van der Waals surface area contributed by atoms with Crippen LogP contribution in [0.3, 0.4) is 0 Å². The van der Waals surface area contributed by atoms with Gasteiger partial charge >= 0.3 is 0 Å². The van der Waals surface area contributed by atoms with Crippen molar-refractivity contribution in [3.05, 3.63) is 34.9 Å². The van der Waals surface area contributed by atoms with Gasteiger partial charge in [0.1, 0.15) is 0 Å². The van der Waals surface area contributed by atoms with E-state index in [2.05, 4.69) is 0 Å². The molecule has 0 amide bonds. The Labute approximate surface area is 75.6 Å². The zero-order chi connectivity index (χ0) is 9.59. The molecule has 13 heavy (non-hydrogen) atoms. The molecule has 2 atom stereocenters. The van der Waals surface area contributed by atoms with Gasteiger partial charge in [-0.3, -0.25) is 0 Å². The summed E-state index contributed by atoms with van der Waals surface area (Å²) >= 11 is 0. The van der Waals surface area contributed by atoms with Crippen LogP contribution in [0.4, 0.5) is 8.78 Å². The monoisotopic (exact) mass is 183 g/mol. The molecule has 0 heterocycles. The van der Waals surface area contributed by atoms with Crippen LogP contribution in [-0.4, -0.2) is 0 Å². The molecule has 1 aromatic carbocycles. The van der Waals surface area contributed by atoms with Crippen LogP contribution >= 0.6 is 0 Å². The van der Waals surface area contributed by atoms with Crippen LogP contribution in [-0.2, 0) is 6.42 Å². The molecule has 2 rings (SSSR count). The summed E-state index contributed by atoms with van der Waals surface area (Å²) in [4.78, 5) is 0. The minimum Gasteiger partial charge on any atom is -0.324 e. The van der Waals surface area contributed by atoms with E-state index in [1.54, 1.807) is 6.07 Å². The number of benzene rings is 1. The normalized spacial score (nSPS) is 26.2. The second-order valence-corrected chi connectivity index (χ2v) is 3.64. The van der Waals surface area contributed by atoms with E-state index < -0.39 is 11.6 Å². The molecule has 0 saturated heterocycles. The average Bonchev–Trinajstić information content (AvgIpc) is 2.38. The molecule has 1 aliphatic rings. The number of hydrogen-bond donors (Lipinski definition) is 1. The first-order chi connectivity index (χ1) is 6.11. The topological polar surface area (TPSA) is 26.0 Å². The fourth-order valence-corrected chi connectivity index (χ4v) is 1.88. The first-order valence-corrected chi connectivity index (χ1v) is 4.33. The van der Waals surface area contributed by atoms with Crippen molar-refractivity contribution < 1.29 is 8.78 Å². The highest BCUT2D eigenvalue weighted by atomic mass is 19.2. The fraction of sp³-hybridized carbons (Fsp3) is 0.400. The maximum Gasteiger partial charge on any atom is 0.162 e. The lowest BCUT2D eigenvalue weighted by Crippen LogP contribution is -2.13. The Morgan fingerprint density at radius 3 is 2.77 bits per heavy atom. The van der Waals surface area contributed by atoms with Crippen molar-refractivity contribution in [2.45, 2.75) is 19.4 Å². The van der Waals surface area contributed by atoms with Gasteiger partial charge in [0.2, 0.25) is 0 Å². The molecule has 70 valence electrons. The molecule has 0 saturated carbocycles. The molecule has 2 unspecified atom stereocenters. The Hall–Kier alpha value is -0.960. The lowest BCUT2D eigenvalue weighted by molar-refractivity contribution is 0.490. The first-order valence-electron chi connectivity index (χ1n) is 4.33. The van der Waals surface area contributed by atoms with Gasteiger partial charge in [0.25, 0.3) is 0 Å². The summed E-state index contributed by atoms with van der Waals surface area (Å²) in [6, 6.07) is 2.58. The first kappa shape index (κ1) is 8.63. The predicted octanol–water partition coefficient (Wildman–Crippen LogP) is 2.16. The van der Waals surface area contributed by atoms with E-state index in [1.165, 1.54) is 0 Å². The molecule has 1 aromatic rings. The van der Waals surface area contributed by atoms with Crippen LogP contribution in [0.2, 0.25) is 0 Å². The maximum atomic E-state index is 13.2. The third-order valence-corrected chi connectivity index (χ3v) is 2.73. The van der Waals surface area contributed by atoms with Crippen LogP contribution in [0.1, 0.15) is 24.1 Å². The summed E-state index contributed by atoms with van der Waals surface area (Å²) in [5.74, 6) is -1.30. The highest BCUT2D eigenvalue weighted by Crippen LogP contribution is 2.35. The van der Waals surface area contributed by atoms with Gasteiger partial charge in [-0.15, -0.1) is 0 Å². The summed E-state index contributed by atoms with van der Waals surface area (Å²) < 4.78 is 26.0. The highest BCUT2D eigenvalue weighted by molar-refractivity contribution is 5.37. The van der Waals surface area contributed by atoms with Crippen molar-refractivity contribution in [2.24, 2.45) is 11.7 Å². The van der Waals surface area contributed by atoms with Crippen LogP contribution in [0.15, 0.2) is 12.1 Å². The van der Waals surface area contributed by atoms with E-state index in [-0.39, 0.29) is 12.0 Å². The molecule has 0 aromatic heterocycles. The molecule has 0 radical (unpaired) electrons. The molecule has 2 N–H and O–H groups in total. The van der Waals surface area contributed by atoms with E-state index in [1.807, 2.05) is 6.92 Å². The van der Waals surface area contributed by atoms with Crippen molar-refractivity contribution in [3.63, 3.8) is 0 Å². The molecule has 1 nitrogen and oxygen atoms in total. The van der Waals surface area contributed by atoms with Crippen LogP contribution in [0.25, 0.3) is 0 Å². The molecular weight excluding hydrogens is 172 g/mol. The standard InChI is InChI=1S/C10H11F2N/c1-5-4-7-6(10(5)13)2-3-8(11)9(7)12/h2-3,5,10H,4,13H2,1H3. The Balaban J connectivity index is 2.57. The number of nitrogens with two attached hydrogens (primary N) is 1. The number of rotatable bonds is 0. The minimum atomic E-state index is -0.778. The summed E-state index contributed by atoms with van der Waals surface area (Å²) in [5.41, 5.74) is 7.03. The number of halogens is 2. The predicted molar refractivity (Wildman–Crippen MR) is 46.2 cm³/mol.